The van der Waals surface area contributed by atoms with E-state index < -0.39 is 39.7 Å². The molecule has 0 radical (unpaired) electrons. The number of piperazine rings is 1. The van der Waals surface area contributed by atoms with Gasteiger partial charge in [0.05, 0.1) is 30.1 Å². The van der Waals surface area contributed by atoms with Gasteiger partial charge in [0.1, 0.15) is 22.6 Å². The molecule has 7 nitrogen and oxygen atoms in total. The molecule has 0 saturated carbocycles. The van der Waals surface area contributed by atoms with E-state index in [9.17, 15) is 36.5 Å². The van der Waals surface area contributed by atoms with Crippen LogP contribution in [0.3, 0.4) is 0 Å². The van der Waals surface area contributed by atoms with Crippen LogP contribution in [0.5, 0.6) is 5.75 Å². The summed E-state index contributed by atoms with van der Waals surface area (Å²) in [5, 5.41) is 17.6. The molecule has 41 heavy (non-hydrogen) atoms. The Labute approximate surface area is 238 Å². The van der Waals surface area contributed by atoms with E-state index in [1.807, 2.05) is 0 Å². The zero-order valence-electron chi connectivity index (χ0n) is 22.1. The molecule has 2 heterocycles. The molecule has 2 saturated heterocycles. The first-order valence-electron chi connectivity index (χ1n) is 13.3. The second-order valence-electron chi connectivity index (χ2n) is 10.4. The number of halogens is 6. The summed E-state index contributed by atoms with van der Waals surface area (Å²) in [5.41, 5.74) is -3.41. The highest BCUT2D eigenvalue weighted by molar-refractivity contribution is 7.80. The molecule has 2 N–H and O–H groups in total. The van der Waals surface area contributed by atoms with Gasteiger partial charge in [-0.25, -0.2) is 0 Å². The monoisotopic (exact) mass is 605 g/mol. The molecule has 2 aromatic rings. The van der Waals surface area contributed by atoms with Crippen molar-refractivity contribution in [2.24, 2.45) is 0 Å². The van der Waals surface area contributed by atoms with Crippen LogP contribution in [0.4, 0.5) is 37.7 Å². The topological polar surface area (TPSA) is 76.4 Å². The molecule has 0 aromatic heterocycles. The van der Waals surface area contributed by atoms with Crippen LogP contribution in [0.1, 0.15) is 36.8 Å². The largest absolute Gasteiger partial charge is 0.482 e. The van der Waals surface area contributed by atoms with Crippen LogP contribution >= 0.6 is 12.2 Å². The Hall–Kier alpha value is -2.81. The van der Waals surface area contributed by atoms with Crippen molar-refractivity contribution in [1.82, 2.24) is 15.1 Å². The fourth-order valence-corrected chi connectivity index (χ4v) is 6.02. The van der Waals surface area contributed by atoms with Crippen molar-refractivity contribution < 1.29 is 36.0 Å². The fourth-order valence-electron chi connectivity index (χ4n) is 5.63. The highest BCUT2D eigenvalue weighted by Gasteiger charge is 2.42. The summed E-state index contributed by atoms with van der Waals surface area (Å²) in [5.74, 6) is -0.150. The van der Waals surface area contributed by atoms with Crippen LogP contribution in [-0.4, -0.2) is 61.2 Å². The van der Waals surface area contributed by atoms with Gasteiger partial charge >= 0.3 is 12.4 Å². The molecule has 224 valence electrons. The van der Waals surface area contributed by atoms with E-state index in [2.05, 4.69) is 10.6 Å². The van der Waals surface area contributed by atoms with Gasteiger partial charge in [-0.15, -0.1) is 0 Å². The summed E-state index contributed by atoms with van der Waals surface area (Å²) in [6.45, 7) is 4.43. The second kappa shape index (κ2) is 12.2. The van der Waals surface area contributed by atoms with Crippen molar-refractivity contribution in [2.75, 3.05) is 45.8 Å². The minimum atomic E-state index is -4.94. The Morgan fingerprint density at radius 2 is 1.56 bits per heavy atom. The van der Waals surface area contributed by atoms with Gasteiger partial charge < -0.3 is 15.4 Å². The maximum atomic E-state index is 13.6. The van der Waals surface area contributed by atoms with Crippen molar-refractivity contribution in [3.05, 3.63) is 63.7 Å². The van der Waals surface area contributed by atoms with Crippen molar-refractivity contribution in [1.29, 1.82) is 0 Å². The van der Waals surface area contributed by atoms with Crippen LogP contribution in [-0.2, 0) is 12.4 Å². The highest BCUT2D eigenvalue weighted by Crippen LogP contribution is 2.40. The van der Waals surface area contributed by atoms with Gasteiger partial charge in [-0.3, -0.25) is 14.6 Å². The smallest absolute Gasteiger partial charge is 0.423 e. The first-order chi connectivity index (χ1) is 19.3. The number of nitrogens with zero attached hydrogens (tertiary/aromatic N) is 2. The number of nitro benzene ring substituents is 1. The maximum Gasteiger partial charge on any atom is 0.423 e. The summed E-state index contributed by atoms with van der Waals surface area (Å²) < 4.78 is 86.7. The van der Waals surface area contributed by atoms with E-state index in [0.29, 0.717) is 86.9 Å². The summed E-state index contributed by atoms with van der Waals surface area (Å²) >= 11 is 5.81. The lowest BCUT2D eigenvalue weighted by Crippen LogP contribution is -2.60. The first-order valence-corrected chi connectivity index (χ1v) is 13.7. The SMILES string of the molecule is O=[N+]([O-])c1ccc(OC2(C(=S)CCC[N+]3(c4ccc(C(F)(F)F)cc4)CCNCC3)CCNCC2)cc1C(F)(F)F. The third kappa shape index (κ3) is 7.16. The zero-order chi connectivity index (χ0) is 29.9. The lowest BCUT2D eigenvalue weighted by atomic mass is 9.86. The number of nitro groups is 1. The standard InChI is InChI=1S/C27H31F6N4O3S/c28-26(29,30)19-3-5-20(6-4-19)37(16-13-35-14-17-37)15-1-2-24(41)25(9-11-34-12-10-25)40-21-7-8-23(36(38)39)22(18-21)27(31,32)33/h3-8,18,34-35H,1-2,9-17H2/q+1. The molecule has 2 fully saturated rings. The van der Waals surface area contributed by atoms with Crippen LogP contribution in [0.2, 0.25) is 0 Å². The zero-order valence-corrected chi connectivity index (χ0v) is 22.9. The lowest BCUT2D eigenvalue weighted by molar-refractivity contribution is -0.388. The lowest BCUT2D eigenvalue weighted by Gasteiger charge is -2.42. The number of nitrogens with one attached hydrogen (secondary N) is 2. The number of alkyl halides is 6. The normalized spacial score (nSPS) is 19.0. The van der Waals surface area contributed by atoms with Crippen LogP contribution < -0.4 is 19.9 Å². The Bertz CT molecular complexity index is 1240. The molecule has 0 atom stereocenters. The Kier molecular flexibility index (Phi) is 9.26. The summed E-state index contributed by atoms with van der Waals surface area (Å²) in [6.07, 6.45) is -7.54. The summed E-state index contributed by atoms with van der Waals surface area (Å²) in [4.78, 5) is 10.6. The molecule has 2 aliphatic heterocycles. The molecule has 2 aromatic carbocycles. The minimum absolute atomic E-state index is 0.150. The van der Waals surface area contributed by atoms with Crippen molar-refractivity contribution in [3.8, 4) is 5.75 Å². The second-order valence-corrected chi connectivity index (χ2v) is 10.9. The van der Waals surface area contributed by atoms with E-state index >= 15 is 0 Å². The molecule has 0 unspecified atom stereocenters. The third-order valence-corrected chi connectivity index (χ3v) is 8.44. The van der Waals surface area contributed by atoms with Crippen LogP contribution in [0.25, 0.3) is 0 Å². The number of hydrogen-bond donors (Lipinski definition) is 2. The van der Waals surface area contributed by atoms with Crippen LogP contribution in [0, 0.1) is 10.1 Å². The van der Waals surface area contributed by atoms with Gasteiger partial charge in [-0.1, -0.05) is 12.2 Å². The summed E-state index contributed by atoms with van der Waals surface area (Å²) in [7, 11) is 0. The number of hydrogen-bond acceptors (Lipinski definition) is 6. The van der Waals surface area contributed by atoms with E-state index in [4.69, 9.17) is 17.0 Å². The number of quaternary nitrogens is 1. The Morgan fingerprint density at radius 3 is 2.12 bits per heavy atom. The quantitative estimate of drug-likeness (QED) is 0.122. The Morgan fingerprint density at radius 1 is 0.951 bits per heavy atom. The predicted octanol–water partition coefficient (Wildman–Crippen LogP) is 5.89. The van der Waals surface area contributed by atoms with Gasteiger partial charge in [0.2, 0.25) is 0 Å². The van der Waals surface area contributed by atoms with Crippen LogP contribution in [0.15, 0.2) is 42.5 Å². The number of rotatable bonds is 9. The van der Waals surface area contributed by atoms with Gasteiger partial charge in [0, 0.05) is 43.3 Å². The molecule has 0 amide bonds. The third-order valence-electron chi connectivity index (χ3n) is 7.87. The molecule has 4 rings (SSSR count). The van der Waals surface area contributed by atoms with E-state index in [-0.39, 0.29) is 5.75 Å². The highest BCUT2D eigenvalue weighted by atomic mass is 32.1. The number of piperidine rings is 1. The van der Waals surface area contributed by atoms with Crippen molar-refractivity contribution in [2.45, 2.75) is 43.6 Å². The molecular weight excluding hydrogens is 574 g/mol. The van der Waals surface area contributed by atoms with Gasteiger partial charge in [0.25, 0.3) is 5.69 Å². The maximum absolute atomic E-state index is 13.6. The molecule has 0 spiro atoms. The average Bonchev–Trinajstić information content (AvgIpc) is 2.93. The number of thiocarbonyl (C=S) groups is 1. The van der Waals surface area contributed by atoms with E-state index in [0.717, 1.165) is 30.0 Å². The number of ether oxygens (including phenoxy) is 1. The molecule has 2 aliphatic rings. The predicted molar refractivity (Wildman–Crippen MR) is 146 cm³/mol. The fraction of sp³-hybridized carbons (Fsp3) is 0.519. The molecule has 14 heteroatoms. The number of benzene rings is 2. The van der Waals surface area contributed by atoms with E-state index in [1.165, 1.54) is 12.1 Å². The molecule has 0 bridgehead atoms. The first kappa shape index (κ1) is 31.1. The van der Waals surface area contributed by atoms with Gasteiger partial charge in [-0.05, 0) is 55.9 Å². The van der Waals surface area contributed by atoms with Gasteiger partial charge in [0.15, 0.2) is 0 Å². The van der Waals surface area contributed by atoms with Crippen molar-refractivity contribution in [3.63, 3.8) is 0 Å². The average molecular weight is 606 g/mol. The molecule has 0 aliphatic carbocycles. The molecular formula is C27H31F6N4O3S+. The minimum Gasteiger partial charge on any atom is -0.482 e. The van der Waals surface area contributed by atoms with E-state index in [1.54, 1.807) is 0 Å². The summed E-state index contributed by atoms with van der Waals surface area (Å²) in [6, 6.07) is 7.84. The van der Waals surface area contributed by atoms with Crippen molar-refractivity contribution >= 4 is 28.5 Å². The van der Waals surface area contributed by atoms with Gasteiger partial charge in [-0.2, -0.15) is 26.3 Å². The Balaban J connectivity index is 1.52.